The van der Waals surface area contributed by atoms with Gasteiger partial charge in [0.1, 0.15) is 0 Å². The lowest BCUT2D eigenvalue weighted by Crippen LogP contribution is -2.37. The van der Waals surface area contributed by atoms with Crippen LogP contribution in [-0.4, -0.2) is 17.4 Å². The highest BCUT2D eigenvalue weighted by atomic mass is 79.9. The van der Waals surface area contributed by atoms with Gasteiger partial charge in [-0.3, -0.25) is 9.59 Å². The number of H-pyrrole nitrogens is 1. The van der Waals surface area contributed by atoms with Crippen LogP contribution in [0.3, 0.4) is 0 Å². The number of benzene rings is 1. The average molecular weight is 349 g/mol. The number of pyridine rings is 1. The van der Waals surface area contributed by atoms with Crippen molar-refractivity contribution in [2.45, 2.75) is 19.3 Å². The summed E-state index contributed by atoms with van der Waals surface area (Å²) in [6.45, 7) is 4.61. The molecule has 5 heteroatoms. The first-order valence-corrected chi connectivity index (χ1v) is 7.41. The summed E-state index contributed by atoms with van der Waals surface area (Å²) in [4.78, 5) is 25.8. The molecule has 2 rings (SSSR count). The van der Waals surface area contributed by atoms with Crippen molar-refractivity contribution in [3.8, 4) is 0 Å². The highest BCUT2D eigenvalue weighted by Gasteiger charge is 2.22. The molecule has 21 heavy (non-hydrogen) atoms. The van der Waals surface area contributed by atoms with Crippen molar-refractivity contribution in [3.63, 3.8) is 0 Å². The topological polar surface area (TPSA) is 62.0 Å². The number of aromatic amines is 1. The van der Waals surface area contributed by atoms with E-state index in [2.05, 4.69) is 40.1 Å². The van der Waals surface area contributed by atoms with Crippen molar-refractivity contribution < 1.29 is 4.79 Å². The van der Waals surface area contributed by atoms with E-state index in [1.165, 1.54) is 12.3 Å². The molecule has 1 aromatic carbocycles. The molecule has 0 radical (unpaired) electrons. The smallest absolute Gasteiger partial charge is 0.251 e. The maximum absolute atomic E-state index is 12.1. The van der Waals surface area contributed by atoms with Crippen molar-refractivity contribution >= 4 is 21.8 Å². The van der Waals surface area contributed by atoms with E-state index < -0.39 is 0 Å². The van der Waals surface area contributed by atoms with E-state index in [-0.39, 0.29) is 16.9 Å². The average Bonchev–Trinajstić information content (AvgIpc) is 2.45. The van der Waals surface area contributed by atoms with Gasteiger partial charge in [0.15, 0.2) is 0 Å². The highest BCUT2D eigenvalue weighted by Crippen LogP contribution is 2.25. The van der Waals surface area contributed by atoms with Crippen molar-refractivity contribution in [1.29, 1.82) is 0 Å². The molecule has 0 saturated carbocycles. The number of halogens is 1. The number of rotatable bonds is 4. The van der Waals surface area contributed by atoms with Gasteiger partial charge in [0.2, 0.25) is 5.56 Å². The van der Waals surface area contributed by atoms with E-state index >= 15 is 0 Å². The summed E-state index contributed by atoms with van der Waals surface area (Å²) in [5.74, 6) is -0.246. The lowest BCUT2D eigenvalue weighted by Gasteiger charge is -2.26. The Morgan fingerprint density at radius 2 is 2.05 bits per heavy atom. The van der Waals surface area contributed by atoms with Gasteiger partial charge in [0, 0.05) is 34.3 Å². The Balaban J connectivity index is 2.08. The maximum atomic E-state index is 12.1. The van der Waals surface area contributed by atoms with Gasteiger partial charge in [0.05, 0.1) is 0 Å². The van der Waals surface area contributed by atoms with Crippen LogP contribution in [0.4, 0.5) is 0 Å². The molecule has 0 fully saturated rings. The standard InChI is InChI=1S/C16H17BrN2O2/c1-16(2,12-4-3-5-13(17)9-12)10-19-15(21)11-6-7-18-14(20)8-11/h3-9H,10H2,1-2H3,(H,18,20)(H,19,21). The van der Waals surface area contributed by atoms with Crippen molar-refractivity contribution in [2.75, 3.05) is 6.54 Å². The van der Waals surface area contributed by atoms with Gasteiger partial charge in [-0.2, -0.15) is 0 Å². The van der Waals surface area contributed by atoms with Gasteiger partial charge in [0.25, 0.3) is 5.91 Å². The molecule has 0 aliphatic heterocycles. The van der Waals surface area contributed by atoms with E-state index in [4.69, 9.17) is 0 Å². The van der Waals surface area contributed by atoms with Gasteiger partial charge < -0.3 is 10.3 Å². The molecule has 0 aliphatic rings. The first-order valence-electron chi connectivity index (χ1n) is 6.61. The minimum Gasteiger partial charge on any atom is -0.351 e. The van der Waals surface area contributed by atoms with Crippen LogP contribution in [0.1, 0.15) is 29.8 Å². The summed E-state index contributed by atoms with van der Waals surface area (Å²) in [6.07, 6.45) is 1.47. The SMILES string of the molecule is CC(C)(CNC(=O)c1cc[nH]c(=O)c1)c1cccc(Br)c1. The molecule has 1 aromatic heterocycles. The minimum atomic E-state index is -0.283. The minimum absolute atomic E-state index is 0.208. The lowest BCUT2D eigenvalue weighted by molar-refractivity contribution is 0.0945. The molecule has 0 bridgehead atoms. The lowest BCUT2D eigenvalue weighted by atomic mass is 9.84. The summed E-state index contributed by atoms with van der Waals surface area (Å²) in [7, 11) is 0. The second-order valence-electron chi connectivity index (χ2n) is 5.52. The Labute approximate surface area is 131 Å². The molecule has 1 amide bonds. The molecule has 2 aromatic rings. The summed E-state index contributed by atoms with van der Waals surface area (Å²) >= 11 is 3.45. The predicted molar refractivity (Wildman–Crippen MR) is 86.6 cm³/mol. The third-order valence-electron chi connectivity index (χ3n) is 3.33. The Bertz CT molecular complexity index is 707. The fraction of sp³-hybridized carbons (Fsp3) is 0.250. The van der Waals surface area contributed by atoms with Crippen LogP contribution >= 0.6 is 15.9 Å². The molecular formula is C16H17BrN2O2. The molecular weight excluding hydrogens is 332 g/mol. The second kappa shape index (κ2) is 6.26. The summed E-state index contributed by atoms with van der Waals surface area (Å²) < 4.78 is 1.01. The van der Waals surface area contributed by atoms with E-state index in [1.54, 1.807) is 6.07 Å². The number of aromatic nitrogens is 1. The normalized spacial score (nSPS) is 11.2. The van der Waals surface area contributed by atoms with Gasteiger partial charge >= 0.3 is 0 Å². The number of nitrogens with one attached hydrogen (secondary N) is 2. The van der Waals surface area contributed by atoms with Gasteiger partial charge in [-0.25, -0.2) is 0 Å². The molecule has 0 atom stereocenters. The third-order valence-corrected chi connectivity index (χ3v) is 3.83. The summed E-state index contributed by atoms with van der Waals surface area (Å²) in [6, 6.07) is 10.9. The van der Waals surface area contributed by atoms with Gasteiger partial charge in [-0.15, -0.1) is 0 Å². The van der Waals surface area contributed by atoms with Gasteiger partial charge in [-0.1, -0.05) is 41.9 Å². The van der Waals surface area contributed by atoms with Crippen LogP contribution in [0.2, 0.25) is 0 Å². The zero-order chi connectivity index (χ0) is 15.5. The fourth-order valence-corrected chi connectivity index (χ4v) is 2.40. The van der Waals surface area contributed by atoms with Crippen LogP contribution in [0.25, 0.3) is 0 Å². The van der Waals surface area contributed by atoms with E-state index in [0.29, 0.717) is 12.1 Å². The number of amides is 1. The van der Waals surface area contributed by atoms with Crippen molar-refractivity contribution in [3.05, 3.63) is 68.5 Å². The van der Waals surface area contributed by atoms with Crippen molar-refractivity contribution in [1.82, 2.24) is 10.3 Å². The molecule has 0 saturated heterocycles. The molecule has 0 unspecified atom stereocenters. The number of hydrogen-bond donors (Lipinski definition) is 2. The molecule has 0 aliphatic carbocycles. The Kier molecular flexibility index (Phi) is 4.63. The van der Waals surface area contributed by atoms with E-state index in [1.807, 2.05) is 24.3 Å². The summed E-state index contributed by atoms with van der Waals surface area (Å²) in [5, 5.41) is 2.88. The molecule has 2 N–H and O–H groups in total. The number of hydrogen-bond acceptors (Lipinski definition) is 2. The van der Waals surface area contributed by atoms with Crippen LogP contribution < -0.4 is 10.9 Å². The quantitative estimate of drug-likeness (QED) is 0.892. The monoisotopic (exact) mass is 348 g/mol. The predicted octanol–water partition coefficient (Wildman–Crippen LogP) is 2.85. The number of carbonyl (C=O) groups is 1. The second-order valence-corrected chi connectivity index (χ2v) is 6.43. The third kappa shape index (κ3) is 4.04. The zero-order valence-electron chi connectivity index (χ0n) is 11.9. The molecule has 110 valence electrons. The van der Waals surface area contributed by atoms with Crippen LogP contribution in [0.15, 0.2) is 51.9 Å². The van der Waals surface area contributed by atoms with Crippen LogP contribution in [-0.2, 0) is 5.41 Å². The van der Waals surface area contributed by atoms with Crippen LogP contribution in [0, 0.1) is 0 Å². The largest absolute Gasteiger partial charge is 0.351 e. The van der Waals surface area contributed by atoms with Gasteiger partial charge in [-0.05, 0) is 23.8 Å². The maximum Gasteiger partial charge on any atom is 0.251 e. The Morgan fingerprint density at radius 1 is 1.29 bits per heavy atom. The Hall–Kier alpha value is -1.88. The highest BCUT2D eigenvalue weighted by molar-refractivity contribution is 9.10. The number of carbonyl (C=O) groups excluding carboxylic acids is 1. The van der Waals surface area contributed by atoms with Crippen molar-refractivity contribution in [2.24, 2.45) is 0 Å². The first kappa shape index (κ1) is 15.5. The molecule has 1 heterocycles. The van der Waals surface area contributed by atoms with Crippen LogP contribution in [0.5, 0.6) is 0 Å². The van der Waals surface area contributed by atoms with E-state index in [9.17, 15) is 9.59 Å². The Morgan fingerprint density at radius 3 is 2.71 bits per heavy atom. The molecule has 0 spiro atoms. The summed E-state index contributed by atoms with van der Waals surface area (Å²) in [5.41, 5.74) is 1.00. The van der Waals surface area contributed by atoms with E-state index in [0.717, 1.165) is 10.0 Å². The zero-order valence-corrected chi connectivity index (χ0v) is 13.5. The first-order chi connectivity index (χ1) is 9.88. The molecule has 4 nitrogen and oxygen atoms in total. The fourth-order valence-electron chi connectivity index (χ4n) is 2.00.